The summed E-state index contributed by atoms with van der Waals surface area (Å²) in [6, 6.07) is 14.1. The van der Waals surface area contributed by atoms with Crippen LogP contribution in [-0.2, 0) is 11.2 Å². The maximum Gasteiger partial charge on any atom is 0.270 e. The van der Waals surface area contributed by atoms with E-state index in [0.29, 0.717) is 23.7 Å². The van der Waals surface area contributed by atoms with Gasteiger partial charge in [-0.1, -0.05) is 36.4 Å². The van der Waals surface area contributed by atoms with Crippen LogP contribution in [0.2, 0.25) is 0 Å². The zero-order valence-corrected chi connectivity index (χ0v) is 19.2. The van der Waals surface area contributed by atoms with E-state index in [1.54, 1.807) is 11.3 Å². The fraction of sp³-hybridized carbons (Fsp3) is 0.292. The molecule has 5 rings (SSSR count). The second-order valence-electron chi connectivity index (χ2n) is 7.99. The fourth-order valence-electron chi connectivity index (χ4n) is 4.18. The summed E-state index contributed by atoms with van der Waals surface area (Å²) in [4.78, 5) is 36.6. The number of hydrogen-bond acceptors (Lipinski definition) is 6. The van der Waals surface area contributed by atoms with Crippen LogP contribution in [0.25, 0.3) is 21.3 Å². The third-order valence-corrected chi connectivity index (χ3v) is 7.75. The number of hydrogen-bond donors (Lipinski definition) is 2. The van der Waals surface area contributed by atoms with Crippen molar-refractivity contribution >= 4 is 44.7 Å². The van der Waals surface area contributed by atoms with Gasteiger partial charge in [-0.05, 0) is 36.3 Å². The predicted molar refractivity (Wildman–Crippen MR) is 132 cm³/mol. The minimum absolute atomic E-state index is 0.0789. The van der Waals surface area contributed by atoms with E-state index in [9.17, 15) is 9.59 Å². The Kier molecular flexibility index (Phi) is 6.05. The van der Waals surface area contributed by atoms with E-state index in [1.807, 2.05) is 46.7 Å². The number of H-pyrrole nitrogens is 1. The van der Waals surface area contributed by atoms with Crippen LogP contribution in [0.5, 0.6) is 0 Å². The van der Waals surface area contributed by atoms with Crippen molar-refractivity contribution in [3.63, 3.8) is 0 Å². The van der Waals surface area contributed by atoms with Gasteiger partial charge in [0.1, 0.15) is 4.70 Å². The summed E-state index contributed by atoms with van der Waals surface area (Å²) in [5, 5.41) is 7.13. The number of carbonyl (C=O) groups is 1. The van der Waals surface area contributed by atoms with Gasteiger partial charge in [-0.15, -0.1) is 22.7 Å². The number of fused-ring (bicyclic) bond motifs is 1. The second-order valence-corrected chi connectivity index (χ2v) is 9.90. The van der Waals surface area contributed by atoms with Crippen LogP contribution in [0.3, 0.4) is 0 Å². The van der Waals surface area contributed by atoms with Gasteiger partial charge in [-0.3, -0.25) is 14.6 Å². The summed E-state index contributed by atoms with van der Waals surface area (Å²) < 4.78 is 0.632. The van der Waals surface area contributed by atoms with Gasteiger partial charge in [-0.25, -0.2) is 4.98 Å². The lowest BCUT2D eigenvalue weighted by molar-refractivity contribution is -0.125. The average molecular weight is 465 g/mol. The highest BCUT2D eigenvalue weighted by molar-refractivity contribution is 7.17. The molecule has 4 aromatic rings. The van der Waals surface area contributed by atoms with Gasteiger partial charge in [0.2, 0.25) is 11.9 Å². The Hall–Kier alpha value is -2.97. The van der Waals surface area contributed by atoms with E-state index in [1.165, 1.54) is 16.2 Å². The van der Waals surface area contributed by atoms with Gasteiger partial charge in [0.05, 0.1) is 11.4 Å². The van der Waals surface area contributed by atoms with Crippen molar-refractivity contribution in [2.45, 2.75) is 19.3 Å². The zero-order valence-electron chi connectivity index (χ0n) is 17.5. The van der Waals surface area contributed by atoms with E-state index in [0.717, 1.165) is 42.5 Å². The maximum absolute atomic E-state index is 12.8. The summed E-state index contributed by atoms with van der Waals surface area (Å²) in [6.07, 6.45) is 2.59. The molecule has 1 amide bonds. The van der Waals surface area contributed by atoms with Gasteiger partial charge < -0.3 is 10.2 Å². The van der Waals surface area contributed by atoms with Crippen molar-refractivity contribution in [1.82, 2.24) is 15.3 Å². The molecule has 0 radical (unpaired) electrons. The number of nitrogens with one attached hydrogen (secondary N) is 2. The van der Waals surface area contributed by atoms with Crippen LogP contribution < -0.4 is 15.8 Å². The molecule has 1 aliphatic heterocycles. The SMILES string of the molecule is O=C(NCCc1cccs1)[C@@H]1CCCN(c2nc3c(-c4ccccc4)csc3c(=O)[nH]2)C1. The molecule has 32 heavy (non-hydrogen) atoms. The maximum atomic E-state index is 12.8. The fourth-order valence-corrected chi connectivity index (χ4v) is 5.80. The van der Waals surface area contributed by atoms with Crippen LogP contribution in [0, 0.1) is 5.92 Å². The summed E-state index contributed by atoms with van der Waals surface area (Å²) >= 11 is 3.13. The summed E-state index contributed by atoms with van der Waals surface area (Å²) in [7, 11) is 0. The highest BCUT2D eigenvalue weighted by atomic mass is 32.1. The molecule has 1 atom stereocenters. The molecule has 3 aromatic heterocycles. The minimum Gasteiger partial charge on any atom is -0.355 e. The van der Waals surface area contributed by atoms with E-state index in [-0.39, 0.29) is 17.4 Å². The van der Waals surface area contributed by atoms with Gasteiger partial charge in [0.15, 0.2) is 0 Å². The van der Waals surface area contributed by atoms with Crippen LogP contribution in [0.1, 0.15) is 17.7 Å². The molecule has 0 unspecified atom stereocenters. The first-order valence-electron chi connectivity index (χ1n) is 10.8. The van der Waals surface area contributed by atoms with Gasteiger partial charge >= 0.3 is 0 Å². The molecule has 0 spiro atoms. The first-order chi connectivity index (χ1) is 15.7. The Morgan fingerprint density at radius 2 is 2.06 bits per heavy atom. The highest BCUT2D eigenvalue weighted by Crippen LogP contribution is 2.32. The monoisotopic (exact) mass is 464 g/mol. The third-order valence-electron chi connectivity index (χ3n) is 5.84. The molecule has 1 aromatic carbocycles. The standard InChI is InChI=1S/C24H24N4O2S2/c29-22(25-11-10-18-9-5-13-31-18)17-8-4-12-28(14-17)24-26-20-19(16-6-2-1-3-7-16)15-32-21(20)23(30)27-24/h1-3,5-7,9,13,15,17H,4,8,10-12,14H2,(H,25,29)(H,26,27,30)/t17-/m1/s1. The summed E-state index contributed by atoms with van der Waals surface area (Å²) in [6.45, 7) is 1.98. The number of carbonyl (C=O) groups excluding carboxylic acids is 1. The van der Waals surface area contributed by atoms with Crippen LogP contribution in [-0.4, -0.2) is 35.5 Å². The van der Waals surface area contributed by atoms with Crippen LogP contribution in [0.15, 0.2) is 58.0 Å². The normalized spacial score (nSPS) is 16.4. The number of amides is 1. The van der Waals surface area contributed by atoms with Crippen molar-refractivity contribution in [3.05, 3.63) is 68.5 Å². The lowest BCUT2D eigenvalue weighted by atomic mass is 9.97. The Bertz CT molecular complexity index is 1260. The minimum atomic E-state index is -0.125. The first-order valence-corrected chi connectivity index (χ1v) is 12.6. The molecule has 1 fully saturated rings. The Balaban J connectivity index is 1.33. The molecule has 0 aliphatic carbocycles. The number of anilines is 1. The van der Waals surface area contributed by atoms with E-state index < -0.39 is 0 Å². The number of benzene rings is 1. The first kappa shape index (κ1) is 20.9. The molecule has 4 heterocycles. The van der Waals surface area contributed by atoms with Crippen molar-refractivity contribution in [1.29, 1.82) is 0 Å². The van der Waals surface area contributed by atoms with E-state index in [2.05, 4.69) is 21.7 Å². The van der Waals surface area contributed by atoms with Crippen molar-refractivity contribution in [3.8, 4) is 11.1 Å². The van der Waals surface area contributed by atoms with Crippen molar-refractivity contribution in [2.75, 3.05) is 24.5 Å². The van der Waals surface area contributed by atoms with Crippen molar-refractivity contribution in [2.24, 2.45) is 5.92 Å². The molecule has 6 nitrogen and oxygen atoms in total. The molecule has 8 heteroatoms. The third kappa shape index (κ3) is 4.33. The zero-order chi connectivity index (χ0) is 21.9. The molecule has 164 valence electrons. The highest BCUT2D eigenvalue weighted by Gasteiger charge is 2.27. The van der Waals surface area contributed by atoms with E-state index in [4.69, 9.17) is 4.98 Å². The number of aromatic amines is 1. The Labute approximate surface area is 193 Å². The number of aromatic nitrogens is 2. The van der Waals surface area contributed by atoms with Gasteiger partial charge in [0, 0.05) is 35.5 Å². The van der Waals surface area contributed by atoms with Crippen LogP contribution >= 0.6 is 22.7 Å². The quantitative estimate of drug-likeness (QED) is 0.446. The smallest absolute Gasteiger partial charge is 0.270 e. The average Bonchev–Trinajstić information content (AvgIpc) is 3.50. The predicted octanol–water partition coefficient (Wildman–Crippen LogP) is 4.29. The number of rotatable bonds is 6. The molecule has 2 N–H and O–H groups in total. The number of nitrogens with zero attached hydrogens (tertiary/aromatic N) is 2. The summed E-state index contributed by atoms with van der Waals surface area (Å²) in [5.41, 5.74) is 2.62. The Morgan fingerprint density at radius 1 is 1.19 bits per heavy atom. The lowest BCUT2D eigenvalue weighted by Gasteiger charge is -2.32. The molecule has 1 aliphatic rings. The van der Waals surface area contributed by atoms with Gasteiger partial charge in [-0.2, -0.15) is 0 Å². The molecular formula is C24H24N4O2S2. The number of piperidine rings is 1. The largest absolute Gasteiger partial charge is 0.355 e. The molecular weight excluding hydrogens is 440 g/mol. The number of thiophene rings is 2. The second kappa shape index (κ2) is 9.26. The lowest BCUT2D eigenvalue weighted by Crippen LogP contribution is -2.44. The molecule has 0 bridgehead atoms. The van der Waals surface area contributed by atoms with Gasteiger partial charge in [0.25, 0.3) is 5.56 Å². The van der Waals surface area contributed by atoms with Crippen molar-refractivity contribution < 1.29 is 4.79 Å². The molecule has 1 saturated heterocycles. The Morgan fingerprint density at radius 3 is 2.88 bits per heavy atom. The van der Waals surface area contributed by atoms with Crippen LogP contribution in [0.4, 0.5) is 5.95 Å². The van der Waals surface area contributed by atoms with E-state index >= 15 is 0 Å². The summed E-state index contributed by atoms with van der Waals surface area (Å²) in [5.74, 6) is 0.522. The topological polar surface area (TPSA) is 78.1 Å². The molecule has 0 saturated carbocycles.